The molecule has 0 bridgehead atoms. The lowest BCUT2D eigenvalue weighted by molar-refractivity contribution is -0.133. The zero-order valence-corrected chi connectivity index (χ0v) is 19.4. The highest BCUT2D eigenvalue weighted by Gasteiger charge is 2.27. The molecule has 1 aromatic carbocycles. The number of sulfonamides is 1. The van der Waals surface area contributed by atoms with Crippen LogP contribution in [0.25, 0.3) is 0 Å². The Morgan fingerprint density at radius 1 is 0.970 bits per heavy atom. The van der Waals surface area contributed by atoms with E-state index in [-0.39, 0.29) is 62.2 Å². The Balaban J connectivity index is 1.67. The van der Waals surface area contributed by atoms with Gasteiger partial charge in [-0.15, -0.1) is 0 Å². The van der Waals surface area contributed by atoms with Gasteiger partial charge in [0.1, 0.15) is 12.4 Å². The molecule has 0 spiro atoms. The van der Waals surface area contributed by atoms with E-state index < -0.39 is 27.3 Å². The molecule has 0 unspecified atom stereocenters. The summed E-state index contributed by atoms with van der Waals surface area (Å²) in [5, 5.41) is 0. The van der Waals surface area contributed by atoms with E-state index in [9.17, 15) is 27.2 Å². The lowest BCUT2D eigenvalue weighted by atomic mass is 10.1. The van der Waals surface area contributed by atoms with Crippen LogP contribution in [0.5, 0.6) is 0 Å². The van der Waals surface area contributed by atoms with E-state index in [0.29, 0.717) is 0 Å². The first kappa shape index (κ1) is 24.6. The van der Waals surface area contributed by atoms with E-state index >= 15 is 0 Å². The highest BCUT2D eigenvalue weighted by molar-refractivity contribution is 7.89. The van der Waals surface area contributed by atoms with E-state index in [1.807, 2.05) is 0 Å². The van der Waals surface area contributed by atoms with Crippen molar-refractivity contribution in [1.82, 2.24) is 18.7 Å². The molecule has 11 heteroatoms. The topological polar surface area (TPSA) is 100 Å². The van der Waals surface area contributed by atoms with E-state index in [1.54, 1.807) is 19.9 Å². The average Bonchev–Trinajstić information content (AvgIpc) is 2.81. The number of hydrogen-bond acceptors (Lipinski definition) is 5. The Hall–Kier alpha value is -3.05. The van der Waals surface area contributed by atoms with Crippen LogP contribution in [0.1, 0.15) is 24.2 Å². The van der Waals surface area contributed by atoms with Gasteiger partial charge in [0.15, 0.2) is 0 Å². The Kier molecular flexibility index (Phi) is 7.65. The minimum absolute atomic E-state index is 0.0185. The van der Waals surface area contributed by atoms with Crippen LogP contribution in [-0.2, 0) is 21.4 Å². The van der Waals surface area contributed by atoms with Crippen LogP contribution in [0.4, 0.5) is 4.39 Å². The molecule has 0 N–H and O–H groups in total. The number of aromatic nitrogens is 1. The predicted octanol–water partition coefficient (Wildman–Crippen LogP) is 1.00. The summed E-state index contributed by atoms with van der Waals surface area (Å²) in [7, 11) is -3.77. The van der Waals surface area contributed by atoms with Gasteiger partial charge in [-0.1, -0.05) is 26.0 Å². The molecule has 178 valence electrons. The third-order valence-corrected chi connectivity index (χ3v) is 7.66. The average molecular weight is 479 g/mol. The van der Waals surface area contributed by atoms with Crippen molar-refractivity contribution in [3.8, 4) is 0 Å². The summed E-state index contributed by atoms with van der Waals surface area (Å²) in [4.78, 5) is 40.5. The third-order valence-electron chi connectivity index (χ3n) is 5.63. The molecule has 1 aliphatic heterocycles. The minimum atomic E-state index is -3.77. The molecule has 0 radical (unpaired) electrons. The molecule has 1 saturated heterocycles. The number of rotatable bonds is 7. The van der Waals surface area contributed by atoms with Crippen molar-refractivity contribution in [3.05, 3.63) is 64.3 Å². The van der Waals surface area contributed by atoms with Gasteiger partial charge < -0.3 is 14.4 Å². The molecular weight excluding hydrogens is 451 g/mol. The summed E-state index contributed by atoms with van der Waals surface area (Å²) >= 11 is 0. The van der Waals surface area contributed by atoms with Crippen LogP contribution in [0.15, 0.2) is 52.3 Å². The van der Waals surface area contributed by atoms with Crippen LogP contribution >= 0.6 is 0 Å². The van der Waals surface area contributed by atoms with E-state index in [2.05, 4.69) is 0 Å². The van der Waals surface area contributed by atoms with Gasteiger partial charge >= 0.3 is 0 Å². The van der Waals surface area contributed by atoms with Gasteiger partial charge in [0, 0.05) is 51.5 Å². The quantitative estimate of drug-likeness (QED) is 0.591. The Morgan fingerprint density at radius 2 is 1.58 bits per heavy atom. The lowest BCUT2D eigenvalue weighted by Gasteiger charge is -2.35. The maximum absolute atomic E-state index is 13.9. The first-order valence-electron chi connectivity index (χ1n) is 10.7. The molecule has 1 fully saturated rings. The number of carbonyl (C=O) groups excluding carboxylic acids is 2. The van der Waals surface area contributed by atoms with Gasteiger partial charge in [0.25, 0.3) is 11.5 Å². The fourth-order valence-electron chi connectivity index (χ4n) is 3.71. The number of halogens is 1. The zero-order chi connectivity index (χ0) is 24.2. The van der Waals surface area contributed by atoms with Crippen molar-refractivity contribution >= 4 is 21.8 Å². The van der Waals surface area contributed by atoms with Crippen molar-refractivity contribution in [2.24, 2.45) is 0 Å². The van der Waals surface area contributed by atoms with E-state index in [4.69, 9.17) is 0 Å². The first-order valence-corrected chi connectivity index (χ1v) is 12.1. The van der Waals surface area contributed by atoms with Crippen molar-refractivity contribution in [1.29, 1.82) is 0 Å². The maximum atomic E-state index is 13.9. The molecule has 3 rings (SSSR count). The third kappa shape index (κ3) is 5.31. The standard InChI is InChI=1S/C22H27FN4O5S/c1-3-27(4-2)33(31,32)17-9-10-20(28)26(15-17)16-21(29)24-11-13-25(14-12-24)22(30)18-7-5-6-8-19(18)23/h5-10,15H,3-4,11-14,16H2,1-2H3. The second kappa shape index (κ2) is 10.3. The Labute approximate surface area is 192 Å². The van der Waals surface area contributed by atoms with Gasteiger partial charge in [0.05, 0.1) is 10.5 Å². The number of pyridine rings is 1. The van der Waals surface area contributed by atoms with Crippen molar-refractivity contribution in [2.75, 3.05) is 39.3 Å². The van der Waals surface area contributed by atoms with Gasteiger partial charge in [-0.3, -0.25) is 14.4 Å². The second-order valence-corrected chi connectivity index (χ2v) is 9.51. The summed E-state index contributed by atoms with van der Waals surface area (Å²) in [5.41, 5.74) is -0.509. The molecule has 1 aromatic heterocycles. The molecule has 2 amide bonds. The predicted molar refractivity (Wildman–Crippen MR) is 120 cm³/mol. The number of amides is 2. The van der Waals surface area contributed by atoms with Crippen molar-refractivity contribution < 1.29 is 22.4 Å². The summed E-state index contributed by atoms with van der Waals surface area (Å²) in [5.74, 6) is -1.40. The summed E-state index contributed by atoms with van der Waals surface area (Å²) < 4.78 is 41.7. The number of hydrogen-bond donors (Lipinski definition) is 0. The van der Waals surface area contributed by atoms with Crippen LogP contribution in [0.3, 0.4) is 0 Å². The fourth-order valence-corrected chi connectivity index (χ4v) is 5.19. The molecule has 1 aliphatic rings. The maximum Gasteiger partial charge on any atom is 0.256 e. The molecular formula is C22H27FN4O5S. The van der Waals surface area contributed by atoms with Gasteiger partial charge in [-0.05, 0) is 18.2 Å². The van der Waals surface area contributed by atoms with Crippen LogP contribution in [0, 0.1) is 5.82 Å². The van der Waals surface area contributed by atoms with E-state index in [0.717, 1.165) is 10.6 Å². The highest BCUT2D eigenvalue weighted by Crippen LogP contribution is 2.15. The van der Waals surface area contributed by atoms with Crippen molar-refractivity contribution in [3.63, 3.8) is 0 Å². The van der Waals surface area contributed by atoms with Crippen LogP contribution in [0.2, 0.25) is 0 Å². The Bertz CT molecular complexity index is 1190. The molecule has 0 saturated carbocycles. The van der Waals surface area contributed by atoms with Crippen molar-refractivity contribution in [2.45, 2.75) is 25.3 Å². The minimum Gasteiger partial charge on any atom is -0.338 e. The highest BCUT2D eigenvalue weighted by atomic mass is 32.2. The van der Waals surface area contributed by atoms with E-state index in [1.165, 1.54) is 44.6 Å². The smallest absolute Gasteiger partial charge is 0.256 e. The Morgan fingerprint density at radius 3 is 2.18 bits per heavy atom. The van der Waals surface area contributed by atoms with Crippen LogP contribution in [-0.4, -0.2) is 78.2 Å². The molecule has 9 nitrogen and oxygen atoms in total. The monoisotopic (exact) mass is 478 g/mol. The summed E-state index contributed by atoms with van der Waals surface area (Å²) in [6.07, 6.45) is 1.19. The van der Waals surface area contributed by atoms with Gasteiger partial charge in [0.2, 0.25) is 15.9 Å². The number of carbonyl (C=O) groups is 2. The number of piperazine rings is 1. The normalized spacial score (nSPS) is 14.5. The first-order chi connectivity index (χ1) is 15.7. The second-order valence-electron chi connectivity index (χ2n) is 7.57. The SMILES string of the molecule is CCN(CC)S(=O)(=O)c1ccc(=O)n(CC(=O)N2CCN(C(=O)c3ccccc3F)CC2)c1. The largest absolute Gasteiger partial charge is 0.338 e. The molecule has 2 heterocycles. The molecule has 33 heavy (non-hydrogen) atoms. The summed E-state index contributed by atoms with van der Waals surface area (Å²) in [6.45, 7) is 4.60. The number of nitrogens with zero attached hydrogens (tertiary/aromatic N) is 4. The summed E-state index contributed by atoms with van der Waals surface area (Å²) in [6, 6.07) is 8.11. The van der Waals surface area contributed by atoms with Gasteiger partial charge in [-0.2, -0.15) is 4.31 Å². The molecule has 0 aliphatic carbocycles. The molecule has 2 aromatic rings. The fraction of sp³-hybridized carbons (Fsp3) is 0.409. The molecule has 0 atom stereocenters. The zero-order valence-electron chi connectivity index (χ0n) is 18.6. The van der Waals surface area contributed by atoms with Gasteiger partial charge in [-0.25, -0.2) is 12.8 Å². The van der Waals surface area contributed by atoms with Crippen LogP contribution < -0.4 is 5.56 Å². The lowest BCUT2D eigenvalue weighted by Crippen LogP contribution is -2.51. The number of benzene rings is 1.